The number of pyridine rings is 1. The van der Waals surface area contributed by atoms with Crippen molar-refractivity contribution in [3.05, 3.63) is 56.8 Å². The van der Waals surface area contributed by atoms with Crippen molar-refractivity contribution >= 4 is 29.0 Å². The number of hydrogen-bond acceptors (Lipinski definition) is 6. The van der Waals surface area contributed by atoms with Crippen molar-refractivity contribution in [1.29, 1.82) is 5.26 Å². The summed E-state index contributed by atoms with van der Waals surface area (Å²) in [5.74, 6) is -0.296. The number of fused-ring (bicyclic) bond motifs is 1. The van der Waals surface area contributed by atoms with E-state index in [2.05, 4.69) is 16.4 Å². The number of nitriles is 1. The number of carbonyl (C=O) groups excluding carboxylic acids is 1. The van der Waals surface area contributed by atoms with Crippen molar-refractivity contribution in [3.8, 4) is 6.07 Å². The third-order valence-electron chi connectivity index (χ3n) is 4.48. The van der Waals surface area contributed by atoms with Crippen molar-refractivity contribution in [2.24, 2.45) is 0 Å². The number of aryl methyl sites for hydroxylation is 3. The SMILES string of the molecule is Cc1ccc([N+](=O)[O-])cc1NC(=O)C(C)Sc1nc2c(cc1C#N)CCC2. The van der Waals surface area contributed by atoms with E-state index in [4.69, 9.17) is 0 Å². The number of carbonyl (C=O) groups is 1. The van der Waals surface area contributed by atoms with Gasteiger partial charge in [0.2, 0.25) is 5.91 Å². The number of anilines is 1. The zero-order valence-corrected chi connectivity index (χ0v) is 15.8. The molecule has 0 radical (unpaired) electrons. The topological polar surface area (TPSA) is 109 Å². The van der Waals surface area contributed by atoms with Crippen LogP contribution in [0, 0.1) is 28.4 Å². The van der Waals surface area contributed by atoms with E-state index in [1.165, 1.54) is 23.9 Å². The fourth-order valence-electron chi connectivity index (χ4n) is 2.94. The molecule has 0 fully saturated rings. The molecule has 2 aromatic rings. The van der Waals surface area contributed by atoms with Crippen LogP contribution in [0.5, 0.6) is 0 Å². The summed E-state index contributed by atoms with van der Waals surface area (Å²) in [5, 5.41) is 23.1. The van der Waals surface area contributed by atoms with Gasteiger partial charge in [-0.2, -0.15) is 5.26 Å². The Morgan fingerprint density at radius 1 is 1.41 bits per heavy atom. The molecule has 3 rings (SSSR count). The number of nitro groups is 1. The Bertz CT molecular complexity index is 968. The fraction of sp³-hybridized carbons (Fsp3) is 0.316. The van der Waals surface area contributed by atoms with Gasteiger partial charge >= 0.3 is 0 Å². The van der Waals surface area contributed by atoms with Crippen LogP contribution in [0.1, 0.15) is 35.7 Å². The van der Waals surface area contributed by atoms with E-state index < -0.39 is 10.2 Å². The number of amides is 1. The molecule has 1 aliphatic carbocycles. The first kappa shape index (κ1) is 18.9. The maximum atomic E-state index is 12.6. The van der Waals surface area contributed by atoms with Crippen LogP contribution < -0.4 is 5.32 Å². The summed E-state index contributed by atoms with van der Waals surface area (Å²) in [6.45, 7) is 3.50. The first-order valence-electron chi connectivity index (χ1n) is 8.54. The molecule has 1 atom stereocenters. The van der Waals surface area contributed by atoms with Gasteiger partial charge in [0.05, 0.1) is 21.4 Å². The highest BCUT2D eigenvalue weighted by molar-refractivity contribution is 8.00. The summed E-state index contributed by atoms with van der Waals surface area (Å²) < 4.78 is 0. The van der Waals surface area contributed by atoms with Gasteiger partial charge in [0.1, 0.15) is 11.1 Å². The first-order chi connectivity index (χ1) is 12.9. The molecule has 0 aliphatic heterocycles. The van der Waals surface area contributed by atoms with Gasteiger partial charge in [-0.15, -0.1) is 0 Å². The number of non-ortho nitro benzene ring substituents is 1. The minimum absolute atomic E-state index is 0.0803. The maximum Gasteiger partial charge on any atom is 0.271 e. The normalized spacial score (nSPS) is 13.5. The second-order valence-electron chi connectivity index (χ2n) is 6.42. The lowest BCUT2D eigenvalue weighted by Gasteiger charge is -2.14. The number of nitrogens with one attached hydrogen (secondary N) is 1. The fourth-order valence-corrected chi connectivity index (χ4v) is 3.83. The zero-order valence-electron chi connectivity index (χ0n) is 15.0. The van der Waals surface area contributed by atoms with E-state index in [1.54, 1.807) is 19.9 Å². The van der Waals surface area contributed by atoms with Crippen LogP contribution in [-0.2, 0) is 17.6 Å². The van der Waals surface area contributed by atoms with Crippen molar-refractivity contribution in [3.63, 3.8) is 0 Å². The number of hydrogen-bond donors (Lipinski definition) is 1. The molecular weight excluding hydrogens is 364 g/mol. The number of nitrogens with zero attached hydrogens (tertiary/aromatic N) is 3. The summed E-state index contributed by atoms with van der Waals surface area (Å²) in [4.78, 5) is 27.6. The Kier molecular flexibility index (Phi) is 5.42. The monoisotopic (exact) mass is 382 g/mol. The summed E-state index contributed by atoms with van der Waals surface area (Å²) in [7, 11) is 0. The molecule has 1 N–H and O–H groups in total. The van der Waals surface area contributed by atoms with E-state index >= 15 is 0 Å². The molecule has 27 heavy (non-hydrogen) atoms. The third kappa shape index (κ3) is 4.09. The minimum Gasteiger partial charge on any atom is -0.325 e. The Morgan fingerprint density at radius 2 is 2.19 bits per heavy atom. The number of thioether (sulfide) groups is 1. The molecule has 1 aromatic carbocycles. The van der Waals surface area contributed by atoms with Crippen LogP contribution in [0.4, 0.5) is 11.4 Å². The highest BCUT2D eigenvalue weighted by atomic mass is 32.2. The van der Waals surface area contributed by atoms with Crippen molar-refractivity contribution < 1.29 is 9.72 Å². The van der Waals surface area contributed by atoms with Crippen molar-refractivity contribution in [1.82, 2.24) is 4.98 Å². The zero-order chi connectivity index (χ0) is 19.6. The van der Waals surface area contributed by atoms with Gasteiger partial charge in [-0.3, -0.25) is 14.9 Å². The third-order valence-corrected chi connectivity index (χ3v) is 5.59. The number of rotatable bonds is 5. The lowest BCUT2D eigenvalue weighted by Crippen LogP contribution is -2.23. The predicted molar refractivity (Wildman–Crippen MR) is 103 cm³/mol. The van der Waals surface area contributed by atoms with Crippen molar-refractivity contribution in [2.45, 2.75) is 43.4 Å². The highest BCUT2D eigenvalue weighted by Gasteiger charge is 2.22. The van der Waals surface area contributed by atoms with E-state index in [9.17, 15) is 20.2 Å². The van der Waals surface area contributed by atoms with E-state index in [0.717, 1.165) is 36.1 Å². The van der Waals surface area contributed by atoms with Gasteiger partial charge < -0.3 is 5.32 Å². The number of aromatic nitrogens is 1. The Hall–Kier alpha value is -2.92. The maximum absolute atomic E-state index is 12.6. The molecular formula is C19H18N4O3S. The molecule has 7 nitrogen and oxygen atoms in total. The van der Waals surface area contributed by atoms with E-state index in [0.29, 0.717) is 16.3 Å². The van der Waals surface area contributed by atoms with Gasteiger partial charge in [-0.05, 0) is 50.3 Å². The molecule has 0 bridgehead atoms. The average Bonchev–Trinajstić information content (AvgIpc) is 3.09. The molecule has 0 saturated carbocycles. The molecule has 1 aromatic heterocycles. The summed E-state index contributed by atoms with van der Waals surface area (Å²) in [5.41, 5.74) is 3.65. The second kappa shape index (κ2) is 7.76. The van der Waals surface area contributed by atoms with Crippen LogP contribution in [0.2, 0.25) is 0 Å². The minimum atomic E-state index is -0.511. The Morgan fingerprint density at radius 3 is 2.89 bits per heavy atom. The molecule has 8 heteroatoms. The van der Waals surface area contributed by atoms with Gasteiger partial charge in [0.25, 0.3) is 5.69 Å². The molecule has 0 saturated heterocycles. The van der Waals surface area contributed by atoms with Crippen LogP contribution >= 0.6 is 11.8 Å². The molecule has 138 valence electrons. The largest absolute Gasteiger partial charge is 0.325 e. The van der Waals surface area contributed by atoms with E-state index in [1.807, 2.05) is 6.07 Å². The molecule has 1 unspecified atom stereocenters. The highest BCUT2D eigenvalue weighted by Crippen LogP contribution is 2.31. The molecule has 1 aliphatic rings. The summed E-state index contributed by atoms with van der Waals surface area (Å²) in [6, 6.07) is 8.37. The summed E-state index contributed by atoms with van der Waals surface area (Å²) >= 11 is 1.22. The summed E-state index contributed by atoms with van der Waals surface area (Å²) in [6.07, 6.45) is 2.86. The first-order valence-corrected chi connectivity index (χ1v) is 9.42. The lowest BCUT2D eigenvalue weighted by molar-refractivity contribution is -0.384. The molecule has 1 heterocycles. The Labute approximate surface area is 161 Å². The standard InChI is InChI=1S/C19H18N4O3S/c1-11-6-7-15(23(25)26)9-17(11)21-18(24)12(2)27-19-14(10-20)8-13-4-3-5-16(13)22-19/h6-9,12H,3-5H2,1-2H3,(H,21,24). The van der Waals surface area contributed by atoms with Crippen LogP contribution in [0.15, 0.2) is 29.3 Å². The molecule has 1 amide bonds. The number of benzene rings is 1. The quantitative estimate of drug-likeness (QED) is 0.479. The van der Waals surface area contributed by atoms with Gasteiger partial charge in [0.15, 0.2) is 0 Å². The lowest BCUT2D eigenvalue weighted by atomic mass is 10.2. The Balaban J connectivity index is 1.77. The van der Waals surface area contributed by atoms with Gasteiger partial charge in [-0.25, -0.2) is 4.98 Å². The van der Waals surface area contributed by atoms with Crippen molar-refractivity contribution in [2.75, 3.05) is 5.32 Å². The van der Waals surface area contributed by atoms with E-state index in [-0.39, 0.29) is 11.6 Å². The van der Waals surface area contributed by atoms with Gasteiger partial charge in [0, 0.05) is 17.8 Å². The van der Waals surface area contributed by atoms with Crippen LogP contribution in [0.25, 0.3) is 0 Å². The van der Waals surface area contributed by atoms with Crippen LogP contribution in [-0.4, -0.2) is 21.1 Å². The average molecular weight is 382 g/mol. The second-order valence-corrected chi connectivity index (χ2v) is 7.75. The predicted octanol–water partition coefficient (Wildman–Crippen LogP) is 3.78. The van der Waals surface area contributed by atoms with Crippen LogP contribution in [0.3, 0.4) is 0 Å². The van der Waals surface area contributed by atoms with Gasteiger partial charge in [-0.1, -0.05) is 17.8 Å². The number of nitro benzene ring substituents is 1. The smallest absolute Gasteiger partial charge is 0.271 e. The molecule has 0 spiro atoms.